The molecular weight excluding hydrogens is 312 g/mol. The maximum Gasteiger partial charge on any atom is 0.153 e. The molecule has 0 aliphatic rings. The van der Waals surface area contributed by atoms with Gasteiger partial charge in [-0.05, 0) is 28.9 Å². The first kappa shape index (κ1) is 16.0. The van der Waals surface area contributed by atoms with Gasteiger partial charge in [0.05, 0.1) is 11.7 Å². The first-order valence-corrected chi connectivity index (χ1v) is 8.05. The number of halogens is 1. The lowest BCUT2D eigenvalue weighted by atomic mass is 10.2. The van der Waals surface area contributed by atoms with Crippen LogP contribution in [0.5, 0.6) is 0 Å². The zero-order valence-corrected chi connectivity index (χ0v) is 14.2. The Kier molecular flexibility index (Phi) is 6.14. The van der Waals surface area contributed by atoms with Crippen molar-refractivity contribution in [3.8, 4) is 0 Å². The summed E-state index contributed by atoms with van der Waals surface area (Å²) in [6.07, 6.45) is 1.12. The van der Waals surface area contributed by atoms with E-state index in [9.17, 15) is 0 Å². The van der Waals surface area contributed by atoms with Gasteiger partial charge < -0.3 is 5.32 Å². The second-order valence-electron chi connectivity index (χ2n) is 5.32. The van der Waals surface area contributed by atoms with Gasteiger partial charge in [-0.1, -0.05) is 32.9 Å². The molecule has 1 aromatic rings. The Morgan fingerprint density at radius 2 is 2.11 bits per heavy atom. The molecule has 0 bridgehead atoms. The maximum absolute atomic E-state index is 4.07. The molecule has 18 heavy (non-hydrogen) atoms. The summed E-state index contributed by atoms with van der Waals surface area (Å²) in [7, 11) is 1.94. The third-order valence-corrected chi connectivity index (χ3v) is 4.41. The van der Waals surface area contributed by atoms with E-state index in [2.05, 4.69) is 59.3 Å². The molecule has 0 aromatic carbocycles. The molecule has 1 rings (SSSR count). The Morgan fingerprint density at radius 1 is 1.44 bits per heavy atom. The van der Waals surface area contributed by atoms with Gasteiger partial charge in [-0.15, -0.1) is 5.10 Å². The number of nitrogens with zero attached hydrogens (tertiary/aromatic N) is 3. The molecule has 0 radical (unpaired) electrons. The van der Waals surface area contributed by atoms with Crippen LogP contribution in [0.4, 0.5) is 0 Å². The highest BCUT2D eigenvalue weighted by Crippen LogP contribution is 2.30. The fourth-order valence-electron chi connectivity index (χ4n) is 1.60. The van der Waals surface area contributed by atoms with Gasteiger partial charge in [0.15, 0.2) is 4.60 Å². The Bertz CT molecular complexity index is 353. The Balaban J connectivity index is 2.78. The van der Waals surface area contributed by atoms with Crippen molar-refractivity contribution >= 4 is 27.7 Å². The van der Waals surface area contributed by atoms with Crippen LogP contribution in [0.2, 0.25) is 0 Å². The number of aryl methyl sites for hydroxylation is 1. The normalized spacial score (nSPS) is 13.9. The molecule has 0 aliphatic heterocycles. The van der Waals surface area contributed by atoms with Crippen LogP contribution in [0.25, 0.3) is 0 Å². The Hall–Kier alpha value is -0.0700. The van der Waals surface area contributed by atoms with Crippen LogP contribution in [0.1, 0.15) is 45.9 Å². The van der Waals surface area contributed by atoms with Gasteiger partial charge in [0.2, 0.25) is 0 Å². The monoisotopic (exact) mass is 334 g/mol. The molecule has 1 N–H and O–H groups in total. The summed E-state index contributed by atoms with van der Waals surface area (Å²) in [4.78, 5) is 0. The smallest absolute Gasteiger partial charge is 0.153 e. The molecule has 0 saturated carbocycles. The summed E-state index contributed by atoms with van der Waals surface area (Å²) in [6, 6.07) is 0.281. The van der Waals surface area contributed by atoms with E-state index in [1.165, 1.54) is 0 Å². The van der Waals surface area contributed by atoms with Gasteiger partial charge in [-0.2, -0.15) is 11.8 Å². The molecule has 0 aliphatic carbocycles. The second-order valence-corrected chi connectivity index (χ2v) is 7.92. The fourth-order valence-corrected chi connectivity index (χ4v) is 3.14. The van der Waals surface area contributed by atoms with Crippen molar-refractivity contribution in [1.82, 2.24) is 20.3 Å². The van der Waals surface area contributed by atoms with Gasteiger partial charge in [0, 0.05) is 17.5 Å². The molecule has 0 spiro atoms. The minimum Gasteiger partial charge on any atom is -0.308 e. The van der Waals surface area contributed by atoms with Crippen LogP contribution in [0.15, 0.2) is 4.60 Å². The third-order valence-electron chi connectivity index (χ3n) is 2.48. The summed E-state index contributed by atoms with van der Waals surface area (Å²) < 4.78 is 2.96. The minimum absolute atomic E-state index is 0.268. The lowest BCUT2D eigenvalue weighted by molar-refractivity contribution is 0.530. The summed E-state index contributed by atoms with van der Waals surface area (Å²) in [5.41, 5.74) is 1.13. The molecular formula is C12H23BrN4S. The zero-order valence-electron chi connectivity index (χ0n) is 11.8. The molecule has 0 amide bonds. The van der Waals surface area contributed by atoms with Crippen molar-refractivity contribution in [1.29, 1.82) is 0 Å². The van der Waals surface area contributed by atoms with Gasteiger partial charge in [0.25, 0.3) is 0 Å². The van der Waals surface area contributed by atoms with Gasteiger partial charge in [0.1, 0.15) is 0 Å². The number of nitrogens with one attached hydrogen (secondary N) is 1. The van der Waals surface area contributed by atoms with Crippen LogP contribution in [0, 0.1) is 0 Å². The Morgan fingerprint density at radius 3 is 2.56 bits per heavy atom. The van der Waals surface area contributed by atoms with Crippen LogP contribution < -0.4 is 5.32 Å². The quantitative estimate of drug-likeness (QED) is 0.867. The lowest BCUT2D eigenvalue weighted by Crippen LogP contribution is -2.28. The van der Waals surface area contributed by atoms with Crippen LogP contribution in [-0.2, 0) is 7.05 Å². The van der Waals surface area contributed by atoms with Crippen molar-refractivity contribution in [3.05, 3.63) is 10.3 Å². The van der Waals surface area contributed by atoms with E-state index < -0.39 is 0 Å². The van der Waals surface area contributed by atoms with E-state index in [0.717, 1.165) is 29.0 Å². The largest absolute Gasteiger partial charge is 0.308 e. The molecule has 1 aromatic heterocycles. The summed E-state index contributed by atoms with van der Waals surface area (Å²) in [6.45, 7) is 9.91. The molecule has 6 heteroatoms. The summed E-state index contributed by atoms with van der Waals surface area (Å²) in [5.74, 6) is 1.02. The van der Waals surface area contributed by atoms with E-state index in [1.54, 1.807) is 0 Å². The summed E-state index contributed by atoms with van der Waals surface area (Å²) in [5, 5.41) is 11.7. The molecule has 0 fully saturated rings. The summed E-state index contributed by atoms with van der Waals surface area (Å²) >= 11 is 5.44. The predicted octanol–water partition coefficient (Wildman–Crippen LogP) is 3.15. The average molecular weight is 335 g/mol. The van der Waals surface area contributed by atoms with Crippen LogP contribution in [0.3, 0.4) is 0 Å². The van der Waals surface area contributed by atoms with Gasteiger partial charge >= 0.3 is 0 Å². The highest BCUT2D eigenvalue weighted by atomic mass is 79.9. The van der Waals surface area contributed by atoms with Gasteiger partial charge in [-0.25, -0.2) is 4.68 Å². The fraction of sp³-hybridized carbons (Fsp3) is 0.833. The van der Waals surface area contributed by atoms with E-state index in [-0.39, 0.29) is 10.8 Å². The van der Waals surface area contributed by atoms with Crippen molar-refractivity contribution in [3.63, 3.8) is 0 Å². The van der Waals surface area contributed by atoms with Crippen LogP contribution >= 0.6 is 27.7 Å². The molecule has 4 nitrogen and oxygen atoms in total. The van der Waals surface area contributed by atoms with E-state index in [1.807, 2.05) is 23.5 Å². The highest BCUT2D eigenvalue weighted by Gasteiger charge is 2.22. The van der Waals surface area contributed by atoms with Crippen molar-refractivity contribution in [2.75, 3.05) is 12.3 Å². The van der Waals surface area contributed by atoms with Crippen molar-refractivity contribution in [2.45, 2.75) is 44.9 Å². The third kappa shape index (κ3) is 4.90. The lowest BCUT2D eigenvalue weighted by Gasteiger charge is -2.24. The number of thioether (sulfide) groups is 1. The highest BCUT2D eigenvalue weighted by molar-refractivity contribution is 9.10. The van der Waals surface area contributed by atoms with Crippen LogP contribution in [-0.4, -0.2) is 32.0 Å². The number of hydrogen-bond donors (Lipinski definition) is 1. The number of aromatic nitrogens is 3. The predicted molar refractivity (Wildman–Crippen MR) is 81.9 cm³/mol. The first-order chi connectivity index (χ1) is 8.35. The van der Waals surface area contributed by atoms with Crippen molar-refractivity contribution in [2.24, 2.45) is 7.05 Å². The molecule has 1 atom stereocenters. The average Bonchev–Trinajstić information content (AvgIpc) is 2.59. The molecule has 104 valence electrons. The Labute approximate surface area is 122 Å². The molecule has 1 heterocycles. The molecule has 1 unspecified atom stereocenters. The van der Waals surface area contributed by atoms with E-state index in [4.69, 9.17) is 0 Å². The SMILES string of the molecule is CCCNC(CSC(C)(C)C)c1c(Br)nnn1C. The molecule has 0 saturated heterocycles. The van der Waals surface area contributed by atoms with Gasteiger partial charge in [-0.3, -0.25) is 0 Å². The number of rotatable bonds is 6. The minimum atomic E-state index is 0.268. The van der Waals surface area contributed by atoms with E-state index in [0.29, 0.717) is 0 Å². The zero-order chi connectivity index (χ0) is 13.8. The second kappa shape index (κ2) is 6.91. The number of hydrogen-bond acceptors (Lipinski definition) is 4. The first-order valence-electron chi connectivity index (χ1n) is 6.27. The van der Waals surface area contributed by atoms with Crippen molar-refractivity contribution < 1.29 is 0 Å². The topological polar surface area (TPSA) is 42.7 Å². The van der Waals surface area contributed by atoms with E-state index >= 15 is 0 Å². The maximum atomic E-state index is 4.07. The standard InChI is InChI=1S/C12H23BrN4S/c1-6-7-14-9(8-18-12(2,3)4)10-11(13)15-16-17(10)5/h9,14H,6-8H2,1-5H3.